The van der Waals surface area contributed by atoms with Gasteiger partial charge in [-0.1, -0.05) is 12.1 Å². The Balaban J connectivity index is 2.30. The average molecular weight is 176 g/mol. The summed E-state index contributed by atoms with van der Waals surface area (Å²) in [7, 11) is 0. The minimum Gasteiger partial charge on any atom is -0.368 e. The number of benzene rings is 1. The molecule has 0 aromatic heterocycles. The van der Waals surface area contributed by atoms with Crippen molar-refractivity contribution in [3.05, 3.63) is 24.3 Å². The van der Waals surface area contributed by atoms with Gasteiger partial charge in [-0.3, -0.25) is 0 Å². The van der Waals surface area contributed by atoms with Crippen LogP contribution < -0.4 is 5.32 Å². The van der Waals surface area contributed by atoms with Crippen molar-refractivity contribution >= 4 is 17.4 Å². The third kappa shape index (κ3) is 1.26. The van der Waals surface area contributed by atoms with Crippen LogP contribution in [0.3, 0.4) is 0 Å². The predicted molar refractivity (Wildman–Crippen MR) is 50.2 cm³/mol. The molecule has 0 aliphatic carbocycles. The quantitative estimate of drug-likeness (QED) is 0.657. The Hall–Kier alpha value is -1.14. The van der Waals surface area contributed by atoms with E-state index in [1.54, 1.807) is 11.8 Å². The van der Waals surface area contributed by atoms with Crippen LogP contribution in [-0.2, 0) is 0 Å². The van der Waals surface area contributed by atoms with Gasteiger partial charge in [-0.05, 0) is 12.1 Å². The normalized spacial score (nSPS) is 20.4. The number of para-hydroxylation sites is 1. The lowest BCUT2D eigenvalue weighted by Crippen LogP contribution is -2.23. The zero-order valence-electron chi connectivity index (χ0n) is 6.45. The molecule has 1 heterocycles. The van der Waals surface area contributed by atoms with Gasteiger partial charge in [-0.25, -0.2) is 0 Å². The molecule has 0 saturated carbocycles. The highest BCUT2D eigenvalue weighted by atomic mass is 32.2. The lowest BCUT2D eigenvalue weighted by Gasteiger charge is -2.21. The Morgan fingerprint density at radius 3 is 3.17 bits per heavy atom. The van der Waals surface area contributed by atoms with Gasteiger partial charge in [0.2, 0.25) is 0 Å². The van der Waals surface area contributed by atoms with Crippen LogP contribution in [0.5, 0.6) is 0 Å². The molecule has 12 heavy (non-hydrogen) atoms. The molecule has 60 valence electrons. The molecule has 3 heteroatoms. The second-order valence-corrected chi connectivity index (χ2v) is 3.70. The van der Waals surface area contributed by atoms with Crippen molar-refractivity contribution in [1.82, 2.24) is 0 Å². The molecule has 0 bridgehead atoms. The molecule has 1 unspecified atom stereocenters. The van der Waals surface area contributed by atoms with Crippen LogP contribution in [0, 0.1) is 11.3 Å². The monoisotopic (exact) mass is 176 g/mol. The third-order valence-electron chi connectivity index (χ3n) is 1.78. The van der Waals surface area contributed by atoms with E-state index in [0.29, 0.717) is 0 Å². The van der Waals surface area contributed by atoms with Crippen molar-refractivity contribution in [1.29, 1.82) is 5.26 Å². The first kappa shape index (κ1) is 7.51. The average Bonchev–Trinajstić information content (AvgIpc) is 2.17. The molecule has 1 N–H and O–H groups in total. The summed E-state index contributed by atoms with van der Waals surface area (Å²) in [6.07, 6.45) is 0. The lowest BCUT2D eigenvalue weighted by atomic mass is 10.2. The third-order valence-corrected chi connectivity index (χ3v) is 2.95. The van der Waals surface area contributed by atoms with Crippen LogP contribution >= 0.6 is 11.8 Å². The molecular weight excluding hydrogens is 168 g/mol. The van der Waals surface area contributed by atoms with Crippen LogP contribution in [-0.4, -0.2) is 11.8 Å². The second-order valence-electron chi connectivity index (χ2n) is 2.63. The summed E-state index contributed by atoms with van der Waals surface area (Å²) in [6, 6.07) is 10.2. The number of nitrogens with one attached hydrogen (secondary N) is 1. The minimum atomic E-state index is -0.0371. The number of hydrogen-bond acceptors (Lipinski definition) is 3. The SMILES string of the molecule is N#CC1CSc2ccccc2N1. The van der Waals surface area contributed by atoms with Gasteiger partial charge in [-0.2, -0.15) is 5.26 Å². The lowest BCUT2D eigenvalue weighted by molar-refractivity contribution is 0.998. The zero-order valence-corrected chi connectivity index (χ0v) is 7.27. The highest BCUT2D eigenvalue weighted by Gasteiger charge is 2.16. The maximum Gasteiger partial charge on any atom is 0.124 e. The smallest absolute Gasteiger partial charge is 0.124 e. The standard InChI is InChI=1S/C9H8N2S/c10-5-7-6-12-9-4-2-1-3-8(9)11-7/h1-4,7,11H,6H2. The van der Waals surface area contributed by atoms with Gasteiger partial charge < -0.3 is 5.32 Å². The Kier molecular flexibility index (Phi) is 1.92. The first-order valence-corrected chi connectivity index (χ1v) is 4.76. The highest BCUT2D eigenvalue weighted by molar-refractivity contribution is 7.99. The van der Waals surface area contributed by atoms with E-state index in [9.17, 15) is 0 Å². The van der Waals surface area contributed by atoms with Crippen molar-refractivity contribution in [2.45, 2.75) is 10.9 Å². The molecule has 2 rings (SSSR count). The van der Waals surface area contributed by atoms with E-state index in [-0.39, 0.29) is 6.04 Å². The van der Waals surface area contributed by atoms with Crippen LogP contribution in [0.2, 0.25) is 0 Å². The van der Waals surface area contributed by atoms with Crippen molar-refractivity contribution in [3.8, 4) is 6.07 Å². The molecule has 1 atom stereocenters. The Morgan fingerprint density at radius 2 is 2.33 bits per heavy atom. The molecule has 1 aromatic carbocycles. The summed E-state index contributed by atoms with van der Waals surface area (Å²) >= 11 is 1.74. The molecule has 0 saturated heterocycles. The van der Waals surface area contributed by atoms with Gasteiger partial charge in [0, 0.05) is 16.3 Å². The highest BCUT2D eigenvalue weighted by Crippen LogP contribution is 2.32. The number of nitriles is 1. The van der Waals surface area contributed by atoms with Gasteiger partial charge in [0.15, 0.2) is 0 Å². The first-order chi connectivity index (χ1) is 5.90. The molecule has 1 aliphatic rings. The molecule has 0 amide bonds. The van der Waals surface area contributed by atoms with Gasteiger partial charge in [0.25, 0.3) is 0 Å². The van der Waals surface area contributed by atoms with Crippen LogP contribution in [0.25, 0.3) is 0 Å². The van der Waals surface area contributed by atoms with Gasteiger partial charge in [0.05, 0.1) is 6.07 Å². The van der Waals surface area contributed by atoms with E-state index in [1.165, 1.54) is 4.90 Å². The number of hydrogen-bond donors (Lipinski definition) is 1. The van der Waals surface area contributed by atoms with E-state index >= 15 is 0 Å². The number of rotatable bonds is 0. The fourth-order valence-electron chi connectivity index (χ4n) is 1.18. The van der Waals surface area contributed by atoms with Crippen molar-refractivity contribution < 1.29 is 0 Å². The van der Waals surface area contributed by atoms with E-state index in [1.807, 2.05) is 18.2 Å². The predicted octanol–water partition coefficient (Wildman–Crippen LogP) is 2.10. The molecule has 1 aliphatic heterocycles. The van der Waals surface area contributed by atoms with Crippen molar-refractivity contribution in [2.24, 2.45) is 0 Å². The number of fused-ring (bicyclic) bond motifs is 1. The van der Waals surface area contributed by atoms with Crippen molar-refractivity contribution in [3.63, 3.8) is 0 Å². The number of thioether (sulfide) groups is 1. The van der Waals surface area contributed by atoms with E-state index in [4.69, 9.17) is 5.26 Å². The Labute approximate surface area is 75.6 Å². The first-order valence-electron chi connectivity index (χ1n) is 3.78. The largest absolute Gasteiger partial charge is 0.368 e. The van der Waals surface area contributed by atoms with Gasteiger partial charge in [-0.15, -0.1) is 11.8 Å². The zero-order chi connectivity index (χ0) is 8.39. The fraction of sp³-hybridized carbons (Fsp3) is 0.222. The van der Waals surface area contributed by atoms with Gasteiger partial charge >= 0.3 is 0 Å². The van der Waals surface area contributed by atoms with E-state index in [0.717, 1.165) is 11.4 Å². The number of anilines is 1. The molecule has 1 aromatic rings. The maximum atomic E-state index is 8.69. The molecular formula is C9H8N2S. The Morgan fingerprint density at radius 1 is 1.50 bits per heavy atom. The van der Waals surface area contributed by atoms with Gasteiger partial charge in [0.1, 0.15) is 6.04 Å². The summed E-state index contributed by atoms with van der Waals surface area (Å²) in [5.41, 5.74) is 1.08. The fourth-order valence-corrected chi connectivity index (χ4v) is 2.15. The summed E-state index contributed by atoms with van der Waals surface area (Å²) in [5.74, 6) is 0.841. The molecule has 0 fully saturated rings. The second kappa shape index (κ2) is 3.08. The summed E-state index contributed by atoms with van der Waals surface area (Å²) in [4.78, 5) is 1.24. The van der Waals surface area contributed by atoms with E-state index < -0.39 is 0 Å². The van der Waals surface area contributed by atoms with Crippen LogP contribution in [0.4, 0.5) is 5.69 Å². The topological polar surface area (TPSA) is 35.8 Å². The summed E-state index contributed by atoms with van der Waals surface area (Å²) < 4.78 is 0. The number of nitrogens with zero attached hydrogens (tertiary/aromatic N) is 1. The molecule has 0 spiro atoms. The summed E-state index contributed by atoms with van der Waals surface area (Å²) in [6.45, 7) is 0. The minimum absolute atomic E-state index is 0.0371. The molecule has 2 nitrogen and oxygen atoms in total. The van der Waals surface area contributed by atoms with Crippen LogP contribution in [0.1, 0.15) is 0 Å². The summed E-state index contributed by atoms with van der Waals surface area (Å²) in [5, 5.41) is 11.9. The van der Waals surface area contributed by atoms with Crippen molar-refractivity contribution in [2.75, 3.05) is 11.1 Å². The Bertz CT molecular complexity index is 330. The van der Waals surface area contributed by atoms with E-state index in [2.05, 4.69) is 17.5 Å². The maximum absolute atomic E-state index is 8.69. The van der Waals surface area contributed by atoms with Crippen LogP contribution in [0.15, 0.2) is 29.2 Å². The molecule has 0 radical (unpaired) electrons.